The Balaban J connectivity index is 2.18. The Kier molecular flexibility index (Phi) is 1.45. The van der Waals surface area contributed by atoms with Gasteiger partial charge in [-0.15, -0.1) is 0 Å². The van der Waals surface area contributed by atoms with E-state index < -0.39 is 0 Å². The number of ether oxygens (including phenoxy) is 2. The molecule has 0 aromatic carbocycles. The Bertz CT molecular complexity index is 42.1. The predicted molar refractivity (Wildman–Crippen MR) is 24.6 cm³/mol. The third kappa shape index (κ3) is 0.929. The molecule has 0 aromatic rings. The summed E-state index contributed by atoms with van der Waals surface area (Å²) < 4.78 is 9.69. The zero-order chi connectivity index (χ0) is 4.41. The number of rotatable bonds is 0. The van der Waals surface area contributed by atoms with Crippen LogP contribution in [0.3, 0.4) is 0 Å². The second-order valence-electron chi connectivity index (χ2n) is 1.02. The smallest absolute Gasteiger partial charge is 0.215 e. The summed E-state index contributed by atoms with van der Waals surface area (Å²) in [6.45, 7) is 1.44. The van der Waals surface area contributed by atoms with Crippen molar-refractivity contribution in [2.75, 3.05) is 13.2 Å². The molecule has 0 N–H and O–H groups in total. The molecule has 1 saturated heterocycles. The summed E-state index contributed by atoms with van der Waals surface area (Å²) in [4.78, 5) is 0. The molecule has 1 aliphatic rings. The quantitative estimate of drug-likeness (QED) is 0.477. The maximum absolute atomic E-state index is 4.85. The van der Waals surface area contributed by atoms with Crippen molar-refractivity contribution >= 4 is 15.9 Å². The van der Waals surface area contributed by atoms with E-state index in [0.717, 1.165) is 13.2 Å². The van der Waals surface area contributed by atoms with Crippen LogP contribution in [0, 0.1) is 0 Å². The van der Waals surface area contributed by atoms with E-state index in [4.69, 9.17) is 9.47 Å². The zero-order valence-electron chi connectivity index (χ0n) is 3.19. The Morgan fingerprint density at radius 3 is 2.00 bits per heavy atom. The van der Waals surface area contributed by atoms with Gasteiger partial charge in [0.15, 0.2) is 0 Å². The standard InChI is InChI=1S/C3H5BrO2/c4-3-5-1-2-6-3/h3H,1-2H2. The molecule has 36 valence electrons. The van der Waals surface area contributed by atoms with E-state index in [-0.39, 0.29) is 5.20 Å². The summed E-state index contributed by atoms with van der Waals surface area (Å²) in [5.41, 5.74) is 0. The number of hydrogen-bond donors (Lipinski definition) is 0. The fraction of sp³-hybridized carbons (Fsp3) is 1.00. The van der Waals surface area contributed by atoms with Crippen LogP contribution < -0.4 is 0 Å². The molecule has 1 aliphatic heterocycles. The lowest BCUT2D eigenvalue weighted by molar-refractivity contribution is 0.0407. The summed E-state index contributed by atoms with van der Waals surface area (Å²) in [5, 5.41) is -0.141. The molecule has 0 spiro atoms. The highest BCUT2D eigenvalue weighted by atomic mass is 79.9. The molecular weight excluding hydrogens is 148 g/mol. The minimum Gasteiger partial charge on any atom is -0.341 e. The topological polar surface area (TPSA) is 18.5 Å². The van der Waals surface area contributed by atoms with Gasteiger partial charge in [-0.1, -0.05) is 0 Å². The van der Waals surface area contributed by atoms with Crippen molar-refractivity contribution in [1.29, 1.82) is 0 Å². The molecule has 0 amide bonds. The van der Waals surface area contributed by atoms with Gasteiger partial charge < -0.3 is 9.47 Å². The first-order valence-corrected chi connectivity index (χ1v) is 2.68. The average Bonchev–Trinajstić information content (AvgIpc) is 1.86. The zero-order valence-corrected chi connectivity index (χ0v) is 4.77. The van der Waals surface area contributed by atoms with Crippen molar-refractivity contribution in [1.82, 2.24) is 0 Å². The van der Waals surface area contributed by atoms with Crippen LogP contribution in [0.2, 0.25) is 0 Å². The molecule has 0 radical (unpaired) electrons. The normalized spacial score (nSPS) is 25.5. The summed E-state index contributed by atoms with van der Waals surface area (Å²) in [6.07, 6.45) is 0. The SMILES string of the molecule is BrC1OCCO1. The van der Waals surface area contributed by atoms with Gasteiger partial charge in [0, 0.05) is 0 Å². The van der Waals surface area contributed by atoms with Crippen molar-refractivity contribution in [3.05, 3.63) is 0 Å². The molecule has 0 aliphatic carbocycles. The lowest BCUT2D eigenvalue weighted by Crippen LogP contribution is -1.92. The fourth-order valence-corrected chi connectivity index (χ4v) is 0.703. The molecule has 1 heterocycles. The van der Waals surface area contributed by atoms with Gasteiger partial charge in [-0.3, -0.25) is 0 Å². The molecule has 6 heavy (non-hydrogen) atoms. The highest BCUT2D eigenvalue weighted by molar-refractivity contribution is 9.09. The van der Waals surface area contributed by atoms with Gasteiger partial charge in [0.05, 0.1) is 13.2 Å². The maximum atomic E-state index is 4.85. The van der Waals surface area contributed by atoms with Crippen LogP contribution in [0.1, 0.15) is 0 Å². The molecule has 3 heteroatoms. The predicted octanol–water partition coefficient (Wildman–Crippen LogP) is 0.712. The molecular formula is C3H5BrO2. The average molecular weight is 153 g/mol. The van der Waals surface area contributed by atoms with Gasteiger partial charge in [-0.25, -0.2) is 0 Å². The highest BCUT2D eigenvalue weighted by Crippen LogP contribution is 2.08. The van der Waals surface area contributed by atoms with Crippen molar-refractivity contribution in [2.45, 2.75) is 5.20 Å². The molecule has 1 fully saturated rings. The van der Waals surface area contributed by atoms with E-state index in [0.29, 0.717) is 0 Å². The van der Waals surface area contributed by atoms with Crippen molar-refractivity contribution < 1.29 is 9.47 Å². The third-order valence-corrected chi connectivity index (χ3v) is 1.11. The van der Waals surface area contributed by atoms with E-state index in [1.165, 1.54) is 0 Å². The Morgan fingerprint density at radius 1 is 1.33 bits per heavy atom. The van der Waals surface area contributed by atoms with E-state index in [9.17, 15) is 0 Å². The highest BCUT2D eigenvalue weighted by Gasteiger charge is 2.09. The largest absolute Gasteiger partial charge is 0.341 e. The van der Waals surface area contributed by atoms with E-state index in [1.54, 1.807) is 0 Å². The van der Waals surface area contributed by atoms with Gasteiger partial charge in [0.25, 0.3) is 0 Å². The maximum Gasteiger partial charge on any atom is 0.215 e. The van der Waals surface area contributed by atoms with Crippen LogP contribution in [0.15, 0.2) is 0 Å². The Hall–Kier alpha value is 0.400. The van der Waals surface area contributed by atoms with E-state index >= 15 is 0 Å². The van der Waals surface area contributed by atoms with Gasteiger partial charge >= 0.3 is 0 Å². The van der Waals surface area contributed by atoms with E-state index in [2.05, 4.69) is 15.9 Å². The molecule has 2 nitrogen and oxygen atoms in total. The van der Waals surface area contributed by atoms with Crippen LogP contribution >= 0.6 is 15.9 Å². The molecule has 1 rings (SSSR count). The molecule has 0 bridgehead atoms. The summed E-state index contributed by atoms with van der Waals surface area (Å²) in [6, 6.07) is 0. The summed E-state index contributed by atoms with van der Waals surface area (Å²) in [7, 11) is 0. The first-order chi connectivity index (χ1) is 2.89. The Morgan fingerprint density at radius 2 is 1.83 bits per heavy atom. The number of alkyl halides is 1. The molecule has 0 aromatic heterocycles. The monoisotopic (exact) mass is 152 g/mol. The van der Waals surface area contributed by atoms with Gasteiger partial charge in [0.1, 0.15) is 0 Å². The molecule has 0 saturated carbocycles. The van der Waals surface area contributed by atoms with Gasteiger partial charge in [-0.2, -0.15) is 0 Å². The van der Waals surface area contributed by atoms with Crippen molar-refractivity contribution in [3.63, 3.8) is 0 Å². The van der Waals surface area contributed by atoms with Crippen LogP contribution in [0.25, 0.3) is 0 Å². The number of halogens is 1. The lowest BCUT2D eigenvalue weighted by Gasteiger charge is -1.92. The summed E-state index contributed by atoms with van der Waals surface area (Å²) >= 11 is 3.09. The first-order valence-electron chi connectivity index (χ1n) is 1.77. The minimum atomic E-state index is -0.141. The first kappa shape index (κ1) is 4.56. The minimum absolute atomic E-state index is 0.141. The second-order valence-corrected chi connectivity index (χ2v) is 1.76. The van der Waals surface area contributed by atoms with Gasteiger partial charge in [-0.05, 0) is 15.9 Å². The van der Waals surface area contributed by atoms with Crippen LogP contribution in [-0.4, -0.2) is 18.4 Å². The van der Waals surface area contributed by atoms with Crippen molar-refractivity contribution in [2.24, 2.45) is 0 Å². The molecule has 0 atom stereocenters. The Labute approximate surface area is 44.6 Å². The number of hydrogen-bond acceptors (Lipinski definition) is 2. The van der Waals surface area contributed by atoms with Crippen LogP contribution in [0.5, 0.6) is 0 Å². The summed E-state index contributed by atoms with van der Waals surface area (Å²) in [5.74, 6) is 0. The second kappa shape index (κ2) is 1.91. The van der Waals surface area contributed by atoms with E-state index in [1.807, 2.05) is 0 Å². The third-order valence-electron chi connectivity index (χ3n) is 0.581. The van der Waals surface area contributed by atoms with Crippen LogP contribution in [0.4, 0.5) is 0 Å². The lowest BCUT2D eigenvalue weighted by atomic mass is 10.8. The van der Waals surface area contributed by atoms with Gasteiger partial charge in [0.2, 0.25) is 5.20 Å². The van der Waals surface area contributed by atoms with Crippen molar-refractivity contribution in [3.8, 4) is 0 Å². The van der Waals surface area contributed by atoms with Crippen LogP contribution in [-0.2, 0) is 9.47 Å². The molecule has 0 unspecified atom stereocenters. The fourth-order valence-electron chi connectivity index (χ4n) is 0.330.